The van der Waals surface area contributed by atoms with Gasteiger partial charge in [0.15, 0.2) is 0 Å². The maximum atomic E-state index is 11.2. The topological polar surface area (TPSA) is 55.4 Å². The first-order valence-electron chi connectivity index (χ1n) is 4.47. The average molecular weight is 185 g/mol. The summed E-state index contributed by atoms with van der Waals surface area (Å²) < 4.78 is 4.92. The summed E-state index contributed by atoms with van der Waals surface area (Å²) >= 11 is 0. The molecule has 0 spiro atoms. The molecule has 1 N–H and O–H groups in total. The molecule has 0 aromatic rings. The molecule has 0 bridgehead atoms. The summed E-state index contributed by atoms with van der Waals surface area (Å²) in [5.41, 5.74) is 0. The molecule has 2 atom stereocenters. The Kier molecular flexibility index (Phi) is 3.42. The highest BCUT2D eigenvalue weighted by molar-refractivity contribution is 6.03. The van der Waals surface area contributed by atoms with E-state index in [2.05, 4.69) is 5.32 Å². The fraction of sp³-hybridized carbons (Fsp3) is 0.778. The van der Waals surface area contributed by atoms with Crippen LogP contribution in [0.4, 0.5) is 0 Å². The van der Waals surface area contributed by atoms with E-state index in [0.29, 0.717) is 13.0 Å². The van der Waals surface area contributed by atoms with Gasteiger partial charge in [0, 0.05) is 26.1 Å². The second-order valence-corrected chi connectivity index (χ2v) is 3.48. The molecule has 1 saturated heterocycles. The molecule has 0 saturated carbocycles. The van der Waals surface area contributed by atoms with Crippen LogP contribution in [0.5, 0.6) is 0 Å². The van der Waals surface area contributed by atoms with Crippen molar-refractivity contribution in [2.45, 2.75) is 19.8 Å². The number of ether oxygens (including phenoxy) is 1. The Morgan fingerprint density at radius 1 is 1.62 bits per heavy atom. The first kappa shape index (κ1) is 10.2. The lowest BCUT2D eigenvalue weighted by atomic mass is 9.90. The van der Waals surface area contributed by atoms with Crippen molar-refractivity contribution in [3.8, 4) is 0 Å². The minimum atomic E-state index is -0.153. The molecule has 1 aliphatic heterocycles. The Labute approximate surface area is 77.6 Å². The van der Waals surface area contributed by atoms with Crippen LogP contribution in [0.25, 0.3) is 0 Å². The normalized spacial score (nSPS) is 24.6. The van der Waals surface area contributed by atoms with Gasteiger partial charge in [0.25, 0.3) is 0 Å². The van der Waals surface area contributed by atoms with Gasteiger partial charge in [0.05, 0.1) is 0 Å². The zero-order chi connectivity index (χ0) is 9.84. The highest BCUT2D eigenvalue weighted by atomic mass is 16.5. The summed E-state index contributed by atoms with van der Waals surface area (Å²) in [6, 6.07) is 0. The van der Waals surface area contributed by atoms with Crippen LogP contribution in [0.15, 0.2) is 0 Å². The van der Waals surface area contributed by atoms with Crippen molar-refractivity contribution < 1.29 is 14.3 Å². The zero-order valence-corrected chi connectivity index (χ0v) is 8.00. The van der Waals surface area contributed by atoms with Crippen molar-refractivity contribution in [2.75, 3.05) is 13.7 Å². The molecule has 0 radical (unpaired) electrons. The third kappa shape index (κ3) is 2.52. The van der Waals surface area contributed by atoms with Crippen molar-refractivity contribution in [3.63, 3.8) is 0 Å². The number of amides is 2. The smallest absolute Gasteiger partial charge is 0.230 e. The Morgan fingerprint density at radius 2 is 2.31 bits per heavy atom. The molecular weight excluding hydrogens is 170 g/mol. The van der Waals surface area contributed by atoms with Crippen molar-refractivity contribution in [3.05, 3.63) is 0 Å². The lowest BCUT2D eigenvalue weighted by molar-refractivity contribution is -0.126. The number of carbonyl (C=O) groups excluding carboxylic acids is 2. The lowest BCUT2D eigenvalue weighted by Gasteiger charge is -2.14. The molecule has 4 heteroatoms. The standard InChI is InChI=1S/C9H15NO3/c1-6(3-4-13-2)7-5-8(11)10-9(7)12/h6-7H,3-5H2,1-2H3,(H,10,11,12). The Morgan fingerprint density at radius 3 is 2.77 bits per heavy atom. The predicted octanol–water partition coefficient (Wildman–Crippen LogP) is 0.322. The molecule has 2 amide bonds. The number of imide groups is 1. The van der Waals surface area contributed by atoms with Crippen LogP contribution in [-0.2, 0) is 14.3 Å². The Hall–Kier alpha value is -0.900. The van der Waals surface area contributed by atoms with Gasteiger partial charge in [-0.25, -0.2) is 0 Å². The van der Waals surface area contributed by atoms with Gasteiger partial charge in [0.2, 0.25) is 11.8 Å². The van der Waals surface area contributed by atoms with E-state index < -0.39 is 0 Å². The largest absolute Gasteiger partial charge is 0.385 e. The van der Waals surface area contributed by atoms with E-state index in [1.54, 1.807) is 7.11 Å². The zero-order valence-electron chi connectivity index (χ0n) is 8.00. The van der Waals surface area contributed by atoms with Gasteiger partial charge in [-0.15, -0.1) is 0 Å². The summed E-state index contributed by atoms with van der Waals surface area (Å²) in [5.74, 6) is -0.220. The number of nitrogens with one attached hydrogen (secondary N) is 1. The molecule has 4 nitrogen and oxygen atoms in total. The van der Waals surface area contributed by atoms with Crippen LogP contribution in [-0.4, -0.2) is 25.5 Å². The second kappa shape index (κ2) is 4.37. The maximum Gasteiger partial charge on any atom is 0.230 e. The lowest BCUT2D eigenvalue weighted by Crippen LogP contribution is -2.25. The third-order valence-electron chi connectivity index (χ3n) is 2.47. The summed E-state index contributed by atoms with van der Waals surface area (Å²) in [5, 5.41) is 2.31. The summed E-state index contributed by atoms with van der Waals surface area (Å²) in [4.78, 5) is 22.1. The molecule has 1 rings (SSSR count). The summed E-state index contributed by atoms with van der Waals surface area (Å²) in [6.45, 7) is 2.61. The van der Waals surface area contributed by atoms with Gasteiger partial charge in [-0.05, 0) is 12.3 Å². The summed E-state index contributed by atoms with van der Waals surface area (Å²) in [7, 11) is 1.63. The molecule has 1 heterocycles. The molecule has 74 valence electrons. The molecule has 1 aliphatic rings. The average Bonchev–Trinajstić information content (AvgIpc) is 2.41. The minimum Gasteiger partial charge on any atom is -0.385 e. The fourth-order valence-corrected chi connectivity index (χ4v) is 1.54. The van der Waals surface area contributed by atoms with Crippen molar-refractivity contribution in [1.82, 2.24) is 5.32 Å². The minimum absolute atomic E-state index is 0.131. The molecule has 0 aliphatic carbocycles. The Balaban J connectivity index is 2.42. The number of rotatable bonds is 4. The van der Waals surface area contributed by atoms with Crippen molar-refractivity contribution in [1.29, 1.82) is 0 Å². The van der Waals surface area contributed by atoms with Gasteiger partial charge in [-0.3, -0.25) is 14.9 Å². The fourth-order valence-electron chi connectivity index (χ4n) is 1.54. The third-order valence-corrected chi connectivity index (χ3v) is 2.47. The quantitative estimate of drug-likeness (QED) is 0.642. The predicted molar refractivity (Wildman–Crippen MR) is 46.9 cm³/mol. The number of hydrogen-bond donors (Lipinski definition) is 1. The number of hydrogen-bond acceptors (Lipinski definition) is 3. The van der Waals surface area contributed by atoms with Crippen LogP contribution < -0.4 is 5.32 Å². The van der Waals surface area contributed by atoms with Crippen LogP contribution >= 0.6 is 0 Å². The van der Waals surface area contributed by atoms with Crippen LogP contribution in [0, 0.1) is 11.8 Å². The van der Waals surface area contributed by atoms with E-state index in [4.69, 9.17) is 4.74 Å². The van der Waals surface area contributed by atoms with E-state index in [1.165, 1.54) is 0 Å². The van der Waals surface area contributed by atoms with E-state index in [9.17, 15) is 9.59 Å². The van der Waals surface area contributed by atoms with E-state index >= 15 is 0 Å². The van der Waals surface area contributed by atoms with Crippen molar-refractivity contribution in [2.24, 2.45) is 11.8 Å². The molecule has 2 unspecified atom stereocenters. The number of carbonyl (C=O) groups is 2. The van der Waals surface area contributed by atoms with Gasteiger partial charge in [-0.1, -0.05) is 6.92 Å². The first-order chi connectivity index (χ1) is 6.15. The monoisotopic (exact) mass is 185 g/mol. The van der Waals surface area contributed by atoms with Gasteiger partial charge < -0.3 is 4.74 Å². The molecular formula is C9H15NO3. The van der Waals surface area contributed by atoms with E-state index in [-0.39, 0.29) is 23.7 Å². The SMILES string of the molecule is COCCC(C)C1CC(=O)NC1=O. The molecule has 13 heavy (non-hydrogen) atoms. The molecule has 0 aromatic carbocycles. The van der Waals surface area contributed by atoms with Crippen LogP contribution in [0.3, 0.4) is 0 Å². The number of methoxy groups -OCH3 is 1. The van der Waals surface area contributed by atoms with Gasteiger partial charge in [-0.2, -0.15) is 0 Å². The maximum absolute atomic E-state index is 11.2. The highest BCUT2D eigenvalue weighted by Gasteiger charge is 2.34. The second-order valence-electron chi connectivity index (χ2n) is 3.48. The molecule has 1 fully saturated rings. The summed E-state index contributed by atoms with van der Waals surface area (Å²) in [6.07, 6.45) is 1.16. The van der Waals surface area contributed by atoms with Crippen LogP contribution in [0.1, 0.15) is 19.8 Å². The van der Waals surface area contributed by atoms with Gasteiger partial charge >= 0.3 is 0 Å². The first-order valence-corrected chi connectivity index (χ1v) is 4.47. The van der Waals surface area contributed by atoms with Crippen LogP contribution in [0.2, 0.25) is 0 Å². The highest BCUT2D eigenvalue weighted by Crippen LogP contribution is 2.23. The van der Waals surface area contributed by atoms with E-state index in [0.717, 1.165) is 6.42 Å². The van der Waals surface area contributed by atoms with E-state index in [1.807, 2.05) is 6.92 Å². The Bertz CT molecular complexity index is 215. The van der Waals surface area contributed by atoms with Gasteiger partial charge in [0.1, 0.15) is 0 Å². The molecule has 0 aromatic heterocycles. The van der Waals surface area contributed by atoms with Crippen molar-refractivity contribution >= 4 is 11.8 Å².